The van der Waals surface area contributed by atoms with Crippen molar-refractivity contribution in [2.24, 2.45) is 5.73 Å². The second kappa shape index (κ2) is 5.90. The summed E-state index contributed by atoms with van der Waals surface area (Å²) >= 11 is 0. The first-order chi connectivity index (χ1) is 10.3. The van der Waals surface area contributed by atoms with Gasteiger partial charge in [0.05, 0.1) is 0 Å². The number of amides is 2. The van der Waals surface area contributed by atoms with E-state index in [1.807, 2.05) is 5.32 Å². The van der Waals surface area contributed by atoms with E-state index in [0.29, 0.717) is 17.2 Å². The molecule has 0 fully saturated rings. The number of rotatable bonds is 3. The van der Waals surface area contributed by atoms with Gasteiger partial charge in [0.1, 0.15) is 28.8 Å². The van der Waals surface area contributed by atoms with Crippen LogP contribution in [0.4, 0.5) is 13.2 Å². The summed E-state index contributed by atoms with van der Waals surface area (Å²) in [5, 5.41) is 12.1. The molecule has 1 aromatic rings. The van der Waals surface area contributed by atoms with Gasteiger partial charge in [0.25, 0.3) is 5.91 Å². The number of hydrogen-bond donors (Lipinski definition) is 3. The Balaban J connectivity index is 2.25. The SMILES string of the molecule is NC(=O)C1C=CC=C(NC(=O)c2c(F)cc(F)cc2F)N1O. The van der Waals surface area contributed by atoms with Gasteiger partial charge in [-0.05, 0) is 6.08 Å². The molecule has 4 N–H and O–H groups in total. The standard InChI is InChI=1S/C13H10F3N3O3/c14-6-4-7(15)11(8(16)5-6)13(21)18-10-3-1-2-9(12(17)20)19(10)22/h1-5,9,22H,(H2,17,20)(H,18,21). The average Bonchev–Trinajstić information content (AvgIpc) is 2.39. The number of carbonyl (C=O) groups excluding carboxylic acids is 2. The van der Waals surface area contributed by atoms with Crippen LogP contribution >= 0.6 is 0 Å². The number of nitrogens with one attached hydrogen (secondary N) is 1. The van der Waals surface area contributed by atoms with Gasteiger partial charge in [-0.1, -0.05) is 12.2 Å². The predicted molar refractivity (Wildman–Crippen MR) is 67.6 cm³/mol. The van der Waals surface area contributed by atoms with Crippen LogP contribution < -0.4 is 11.1 Å². The molecule has 0 radical (unpaired) electrons. The largest absolute Gasteiger partial charge is 0.368 e. The summed E-state index contributed by atoms with van der Waals surface area (Å²) in [6.45, 7) is 0. The zero-order valence-electron chi connectivity index (χ0n) is 10.9. The van der Waals surface area contributed by atoms with Crippen molar-refractivity contribution < 1.29 is 28.0 Å². The normalized spacial score (nSPS) is 17.2. The minimum Gasteiger partial charge on any atom is -0.368 e. The highest BCUT2D eigenvalue weighted by atomic mass is 19.1. The summed E-state index contributed by atoms with van der Waals surface area (Å²) in [4.78, 5) is 22.9. The fourth-order valence-electron chi connectivity index (χ4n) is 1.81. The van der Waals surface area contributed by atoms with E-state index in [1.54, 1.807) is 0 Å². The topological polar surface area (TPSA) is 95.7 Å². The molecule has 22 heavy (non-hydrogen) atoms. The molecule has 0 saturated carbocycles. The third kappa shape index (κ3) is 2.93. The molecule has 0 aromatic heterocycles. The first-order valence-electron chi connectivity index (χ1n) is 5.93. The van der Waals surface area contributed by atoms with E-state index in [-0.39, 0.29) is 5.82 Å². The van der Waals surface area contributed by atoms with E-state index in [1.165, 1.54) is 18.2 Å². The molecule has 1 atom stereocenters. The number of nitrogens with two attached hydrogens (primary N) is 1. The molecular formula is C13H10F3N3O3. The number of halogens is 3. The molecular weight excluding hydrogens is 303 g/mol. The third-order valence-electron chi connectivity index (χ3n) is 2.82. The Bertz CT molecular complexity index is 680. The van der Waals surface area contributed by atoms with Crippen molar-refractivity contribution in [3.63, 3.8) is 0 Å². The highest BCUT2D eigenvalue weighted by Crippen LogP contribution is 2.17. The van der Waals surface area contributed by atoms with Crippen LogP contribution in [-0.2, 0) is 4.79 Å². The highest BCUT2D eigenvalue weighted by molar-refractivity contribution is 5.96. The molecule has 1 aliphatic heterocycles. The number of nitrogens with zero attached hydrogens (tertiary/aromatic N) is 1. The van der Waals surface area contributed by atoms with Crippen LogP contribution in [0.1, 0.15) is 10.4 Å². The van der Waals surface area contributed by atoms with E-state index in [9.17, 15) is 28.0 Å². The summed E-state index contributed by atoms with van der Waals surface area (Å²) < 4.78 is 39.8. The maximum absolute atomic E-state index is 13.5. The zero-order valence-corrected chi connectivity index (χ0v) is 10.9. The van der Waals surface area contributed by atoms with Gasteiger partial charge in [0.2, 0.25) is 5.91 Å². The van der Waals surface area contributed by atoms with E-state index in [0.717, 1.165) is 0 Å². The number of benzene rings is 1. The molecule has 2 rings (SSSR count). The molecule has 1 heterocycles. The van der Waals surface area contributed by atoms with Crippen molar-refractivity contribution >= 4 is 11.8 Å². The maximum Gasteiger partial charge on any atom is 0.262 e. The van der Waals surface area contributed by atoms with Gasteiger partial charge >= 0.3 is 0 Å². The summed E-state index contributed by atoms with van der Waals surface area (Å²) in [6.07, 6.45) is 3.74. The lowest BCUT2D eigenvalue weighted by Gasteiger charge is -2.27. The van der Waals surface area contributed by atoms with Crippen molar-refractivity contribution in [1.29, 1.82) is 0 Å². The number of allylic oxidation sites excluding steroid dienone is 2. The smallest absolute Gasteiger partial charge is 0.262 e. The van der Waals surface area contributed by atoms with Gasteiger partial charge in [-0.2, -0.15) is 0 Å². The molecule has 0 saturated heterocycles. The van der Waals surface area contributed by atoms with Crippen LogP contribution in [0.25, 0.3) is 0 Å². The summed E-state index contributed by atoms with van der Waals surface area (Å²) in [5.41, 5.74) is 4.01. The number of carbonyl (C=O) groups is 2. The molecule has 6 nitrogen and oxygen atoms in total. The van der Waals surface area contributed by atoms with E-state index in [2.05, 4.69) is 0 Å². The van der Waals surface area contributed by atoms with Crippen LogP contribution in [0.2, 0.25) is 0 Å². The zero-order chi connectivity index (χ0) is 16.4. The van der Waals surface area contributed by atoms with Crippen molar-refractivity contribution in [2.75, 3.05) is 0 Å². The molecule has 1 aromatic carbocycles. The Labute approximate surface area is 122 Å². The molecule has 0 bridgehead atoms. The van der Waals surface area contributed by atoms with Crippen molar-refractivity contribution in [3.05, 3.63) is 59.2 Å². The van der Waals surface area contributed by atoms with Crippen LogP contribution in [0.5, 0.6) is 0 Å². The number of primary amides is 1. The lowest BCUT2D eigenvalue weighted by molar-refractivity contribution is -0.137. The minimum absolute atomic E-state index is 0.320. The Morgan fingerprint density at radius 3 is 2.36 bits per heavy atom. The first kappa shape index (κ1) is 15.6. The molecule has 0 spiro atoms. The lowest BCUT2D eigenvalue weighted by Crippen LogP contribution is -2.46. The van der Waals surface area contributed by atoms with Crippen molar-refractivity contribution in [2.45, 2.75) is 6.04 Å². The Morgan fingerprint density at radius 1 is 1.23 bits per heavy atom. The van der Waals surface area contributed by atoms with Crippen molar-refractivity contribution in [3.8, 4) is 0 Å². The molecule has 2 amide bonds. The van der Waals surface area contributed by atoms with Gasteiger partial charge in [0, 0.05) is 12.1 Å². The lowest BCUT2D eigenvalue weighted by atomic mass is 10.1. The monoisotopic (exact) mass is 313 g/mol. The van der Waals surface area contributed by atoms with Gasteiger partial charge in [0.15, 0.2) is 6.04 Å². The second-order valence-electron chi connectivity index (χ2n) is 4.33. The maximum atomic E-state index is 13.5. The Kier molecular flexibility index (Phi) is 4.18. The average molecular weight is 313 g/mol. The van der Waals surface area contributed by atoms with Crippen LogP contribution in [-0.4, -0.2) is 28.1 Å². The van der Waals surface area contributed by atoms with E-state index < -0.39 is 40.9 Å². The number of hydroxylamine groups is 2. The Morgan fingerprint density at radius 2 is 1.82 bits per heavy atom. The molecule has 9 heteroatoms. The van der Waals surface area contributed by atoms with E-state index >= 15 is 0 Å². The van der Waals surface area contributed by atoms with E-state index in [4.69, 9.17) is 5.73 Å². The summed E-state index contributed by atoms with van der Waals surface area (Å²) in [5.74, 6) is -6.48. The van der Waals surface area contributed by atoms with Crippen LogP contribution in [0.15, 0.2) is 36.2 Å². The first-order valence-corrected chi connectivity index (χ1v) is 5.93. The highest BCUT2D eigenvalue weighted by Gasteiger charge is 2.27. The van der Waals surface area contributed by atoms with Gasteiger partial charge in [-0.15, -0.1) is 0 Å². The quantitative estimate of drug-likeness (QED) is 0.769. The molecule has 1 unspecified atom stereocenters. The summed E-state index contributed by atoms with van der Waals surface area (Å²) in [7, 11) is 0. The van der Waals surface area contributed by atoms with Gasteiger partial charge < -0.3 is 11.1 Å². The van der Waals surface area contributed by atoms with Crippen molar-refractivity contribution in [1.82, 2.24) is 10.4 Å². The fraction of sp³-hybridized carbons (Fsp3) is 0.0769. The fourth-order valence-corrected chi connectivity index (χ4v) is 1.81. The Hall–Kier alpha value is -2.81. The number of hydrogen-bond acceptors (Lipinski definition) is 4. The van der Waals surface area contributed by atoms with Gasteiger partial charge in [-0.25, -0.2) is 18.2 Å². The van der Waals surface area contributed by atoms with Crippen LogP contribution in [0.3, 0.4) is 0 Å². The second-order valence-corrected chi connectivity index (χ2v) is 4.33. The summed E-state index contributed by atoms with van der Waals surface area (Å²) in [6, 6.07) is -0.560. The molecule has 0 aliphatic carbocycles. The predicted octanol–water partition coefficient (Wildman–Crippen LogP) is 0.790. The van der Waals surface area contributed by atoms with Gasteiger partial charge in [-0.3, -0.25) is 14.8 Å². The molecule has 1 aliphatic rings. The third-order valence-corrected chi connectivity index (χ3v) is 2.82. The molecule has 116 valence electrons. The minimum atomic E-state index is -1.40. The van der Waals surface area contributed by atoms with Crippen LogP contribution in [0, 0.1) is 17.5 Å².